The standard InChI is InChI=1S/C20H32N6O11/c21-9(1-7-15(29)30)17(33)24-10(2-5-13(22)27)18(34)25-11(4-8-16(31)32)19(35)26-12(20(36)37)3-6-14(23)28/h9-12H,1-8,21H2,(H2,22,27)(H2,23,28)(H,24,33)(H,25,34)(H,26,35)(H,29,30)(H,31,32)(H,36,37). The van der Waals surface area contributed by atoms with Gasteiger partial charge in [-0.3, -0.25) is 33.6 Å². The lowest BCUT2D eigenvalue weighted by Gasteiger charge is -2.25. The Labute approximate surface area is 210 Å². The molecule has 0 rings (SSSR count). The number of rotatable bonds is 19. The minimum absolute atomic E-state index is 0.267. The Morgan fingerprint density at radius 2 is 0.892 bits per heavy atom. The van der Waals surface area contributed by atoms with E-state index in [1.54, 1.807) is 0 Å². The molecule has 0 aromatic rings. The Morgan fingerprint density at radius 1 is 0.541 bits per heavy atom. The molecule has 17 heteroatoms. The van der Waals surface area contributed by atoms with Crippen LogP contribution in [0.4, 0.5) is 0 Å². The first-order chi connectivity index (χ1) is 17.1. The lowest BCUT2D eigenvalue weighted by molar-refractivity contribution is -0.143. The van der Waals surface area contributed by atoms with Gasteiger partial charge in [-0.05, 0) is 25.7 Å². The summed E-state index contributed by atoms with van der Waals surface area (Å²) in [5.41, 5.74) is 15.7. The maximum Gasteiger partial charge on any atom is 0.326 e. The van der Waals surface area contributed by atoms with E-state index in [0.29, 0.717) is 0 Å². The van der Waals surface area contributed by atoms with Gasteiger partial charge >= 0.3 is 17.9 Å². The Bertz CT molecular complexity index is 894. The fraction of sp³-hybridized carbons (Fsp3) is 0.600. The van der Waals surface area contributed by atoms with Crippen molar-refractivity contribution in [3.63, 3.8) is 0 Å². The number of carbonyl (C=O) groups excluding carboxylic acids is 5. The van der Waals surface area contributed by atoms with Gasteiger partial charge in [0.15, 0.2) is 0 Å². The third kappa shape index (κ3) is 14.7. The molecule has 0 aromatic carbocycles. The molecule has 0 radical (unpaired) electrons. The largest absolute Gasteiger partial charge is 0.481 e. The van der Waals surface area contributed by atoms with E-state index >= 15 is 0 Å². The van der Waals surface area contributed by atoms with Gasteiger partial charge in [0.1, 0.15) is 18.1 Å². The molecule has 208 valence electrons. The van der Waals surface area contributed by atoms with E-state index in [0.717, 1.165) is 0 Å². The van der Waals surface area contributed by atoms with Gasteiger partial charge in [0.2, 0.25) is 29.5 Å². The summed E-state index contributed by atoms with van der Waals surface area (Å²) in [6.07, 6.45) is -3.29. The third-order valence-electron chi connectivity index (χ3n) is 4.89. The summed E-state index contributed by atoms with van der Waals surface area (Å²) >= 11 is 0. The zero-order valence-electron chi connectivity index (χ0n) is 19.8. The van der Waals surface area contributed by atoms with Crippen LogP contribution in [0.3, 0.4) is 0 Å². The van der Waals surface area contributed by atoms with Gasteiger partial charge in [0.25, 0.3) is 0 Å². The molecule has 0 spiro atoms. The Balaban J connectivity index is 5.64. The predicted molar refractivity (Wildman–Crippen MR) is 122 cm³/mol. The predicted octanol–water partition coefficient (Wildman–Crippen LogP) is -3.89. The van der Waals surface area contributed by atoms with E-state index in [9.17, 15) is 43.5 Å². The van der Waals surface area contributed by atoms with Crippen LogP contribution in [0.1, 0.15) is 51.4 Å². The second kappa shape index (κ2) is 16.4. The molecule has 12 N–H and O–H groups in total. The van der Waals surface area contributed by atoms with E-state index in [1.807, 2.05) is 0 Å². The smallest absolute Gasteiger partial charge is 0.326 e. The van der Waals surface area contributed by atoms with Gasteiger partial charge in [-0.1, -0.05) is 0 Å². The number of nitrogens with one attached hydrogen (secondary N) is 3. The van der Waals surface area contributed by atoms with Gasteiger partial charge in [0.05, 0.1) is 6.04 Å². The Hall–Kier alpha value is -4.28. The van der Waals surface area contributed by atoms with E-state index < -0.39 is 90.9 Å². The van der Waals surface area contributed by atoms with E-state index in [1.165, 1.54) is 0 Å². The first kappa shape index (κ1) is 32.7. The summed E-state index contributed by atoms with van der Waals surface area (Å²) in [5, 5.41) is 33.5. The Morgan fingerprint density at radius 3 is 1.30 bits per heavy atom. The van der Waals surface area contributed by atoms with E-state index in [-0.39, 0.29) is 32.1 Å². The molecule has 37 heavy (non-hydrogen) atoms. The zero-order valence-corrected chi connectivity index (χ0v) is 19.8. The zero-order chi connectivity index (χ0) is 28.7. The fourth-order valence-electron chi connectivity index (χ4n) is 2.87. The molecule has 0 saturated carbocycles. The van der Waals surface area contributed by atoms with Crippen molar-refractivity contribution in [1.82, 2.24) is 16.0 Å². The lowest BCUT2D eigenvalue weighted by Crippen LogP contribution is -2.57. The van der Waals surface area contributed by atoms with Crippen LogP contribution in [0.2, 0.25) is 0 Å². The van der Waals surface area contributed by atoms with Gasteiger partial charge in [-0.25, -0.2) is 4.79 Å². The monoisotopic (exact) mass is 532 g/mol. The quantitative estimate of drug-likeness (QED) is 0.0771. The van der Waals surface area contributed by atoms with Crippen LogP contribution >= 0.6 is 0 Å². The SMILES string of the molecule is NC(=O)CCC(NC(=O)C(CCC(=O)O)NC(=O)C(CCC(N)=O)NC(=O)C(N)CCC(=O)O)C(=O)O. The molecule has 0 aliphatic rings. The first-order valence-corrected chi connectivity index (χ1v) is 11.0. The van der Waals surface area contributed by atoms with Crippen molar-refractivity contribution in [3.05, 3.63) is 0 Å². The molecule has 5 amide bonds. The minimum atomic E-state index is -1.59. The second-order valence-electron chi connectivity index (χ2n) is 8.00. The number of amides is 5. The van der Waals surface area contributed by atoms with Crippen LogP contribution in [0, 0.1) is 0 Å². The number of carboxylic acid groups (broad SMARTS) is 3. The minimum Gasteiger partial charge on any atom is -0.481 e. The van der Waals surface area contributed by atoms with Crippen LogP contribution in [-0.4, -0.2) is 86.9 Å². The molecular formula is C20H32N6O11. The molecule has 0 bridgehead atoms. The number of nitrogens with two attached hydrogens (primary N) is 3. The van der Waals surface area contributed by atoms with Gasteiger partial charge in [-0.15, -0.1) is 0 Å². The fourth-order valence-corrected chi connectivity index (χ4v) is 2.87. The lowest BCUT2D eigenvalue weighted by atomic mass is 10.0. The molecule has 4 atom stereocenters. The van der Waals surface area contributed by atoms with Crippen LogP contribution in [-0.2, 0) is 38.4 Å². The average molecular weight is 533 g/mol. The van der Waals surface area contributed by atoms with Crippen molar-refractivity contribution in [1.29, 1.82) is 0 Å². The number of primary amides is 2. The average Bonchev–Trinajstić information content (AvgIpc) is 2.79. The second-order valence-corrected chi connectivity index (χ2v) is 8.00. The molecule has 17 nitrogen and oxygen atoms in total. The van der Waals surface area contributed by atoms with Crippen LogP contribution in [0.5, 0.6) is 0 Å². The third-order valence-corrected chi connectivity index (χ3v) is 4.89. The first-order valence-electron chi connectivity index (χ1n) is 11.0. The number of carboxylic acids is 3. The highest BCUT2D eigenvalue weighted by atomic mass is 16.4. The summed E-state index contributed by atoms with van der Waals surface area (Å²) in [6.45, 7) is 0. The van der Waals surface area contributed by atoms with Crippen molar-refractivity contribution in [3.8, 4) is 0 Å². The van der Waals surface area contributed by atoms with Crippen molar-refractivity contribution in [2.24, 2.45) is 17.2 Å². The van der Waals surface area contributed by atoms with Gasteiger partial charge in [-0.2, -0.15) is 0 Å². The maximum absolute atomic E-state index is 12.9. The maximum atomic E-state index is 12.9. The highest BCUT2D eigenvalue weighted by molar-refractivity contribution is 5.94. The number of hydrogen-bond donors (Lipinski definition) is 9. The molecule has 0 heterocycles. The molecule has 0 aromatic heterocycles. The number of aliphatic carboxylic acids is 3. The van der Waals surface area contributed by atoms with Crippen molar-refractivity contribution < 1.29 is 53.7 Å². The van der Waals surface area contributed by atoms with E-state index in [2.05, 4.69) is 16.0 Å². The molecule has 4 unspecified atom stereocenters. The summed E-state index contributed by atoms with van der Waals surface area (Å²) in [7, 11) is 0. The summed E-state index contributed by atoms with van der Waals surface area (Å²) < 4.78 is 0. The molecule has 0 aliphatic heterocycles. The highest BCUT2D eigenvalue weighted by Crippen LogP contribution is 2.06. The molecule has 0 saturated heterocycles. The number of hydrogen-bond acceptors (Lipinski definition) is 9. The Kier molecular flexibility index (Phi) is 14.5. The van der Waals surface area contributed by atoms with E-state index in [4.69, 9.17) is 27.4 Å². The summed E-state index contributed by atoms with van der Waals surface area (Å²) in [6, 6.07) is -5.98. The van der Waals surface area contributed by atoms with Gasteiger partial charge in [0, 0.05) is 25.7 Å². The van der Waals surface area contributed by atoms with Crippen LogP contribution in [0.25, 0.3) is 0 Å². The molecule has 0 aliphatic carbocycles. The van der Waals surface area contributed by atoms with Crippen LogP contribution < -0.4 is 33.2 Å². The van der Waals surface area contributed by atoms with Crippen molar-refractivity contribution in [2.45, 2.75) is 75.5 Å². The van der Waals surface area contributed by atoms with Crippen LogP contribution in [0.15, 0.2) is 0 Å². The normalized spacial score (nSPS) is 13.8. The number of carbonyl (C=O) groups is 8. The van der Waals surface area contributed by atoms with Crippen molar-refractivity contribution in [2.75, 3.05) is 0 Å². The molecule has 0 fully saturated rings. The summed E-state index contributed by atoms with van der Waals surface area (Å²) in [4.78, 5) is 93.1. The summed E-state index contributed by atoms with van der Waals surface area (Å²) in [5.74, 6) is -8.80. The molecular weight excluding hydrogens is 500 g/mol. The topological polar surface area (TPSA) is 311 Å². The van der Waals surface area contributed by atoms with Gasteiger partial charge < -0.3 is 48.5 Å². The van der Waals surface area contributed by atoms with Crippen molar-refractivity contribution >= 4 is 47.4 Å². The highest BCUT2D eigenvalue weighted by Gasteiger charge is 2.31.